The third-order valence-corrected chi connectivity index (χ3v) is 3.40. The number of carbonyl (C=O) groups is 1. The fraction of sp³-hybridized carbons (Fsp3) is 0.611. The molecular weight excluding hydrogens is 264 g/mol. The largest absolute Gasteiger partial charge is 0.550 e. The predicted octanol–water partition coefficient (Wildman–Crippen LogP) is 3.31. The molecule has 0 heterocycles. The number of benzene rings is 1. The van der Waals surface area contributed by atoms with Gasteiger partial charge < -0.3 is 15.0 Å². The minimum atomic E-state index is -1.05. The monoisotopic (exact) mass is 293 g/mol. The zero-order chi connectivity index (χ0) is 15.7. The quantitative estimate of drug-likeness (QED) is 0.930. The fourth-order valence-electron chi connectivity index (χ4n) is 2.23. The average Bonchev–Trinajstić information content (AvgIpc) is 2.24. The Bertz CT molecular complexity index is 467. The van der Waals surface area contributed by atoms with Gasteiger partial charge >= 0.3 is 0 Å². The third-order valence-electron chi connectivity index (χ3n) is 3.40. The molecule has 3 heteroatoms. The third kappa shape index (κ3) is 5.07. The first-order chi connectivity index (χ1) is 8.93. The summed E-state index contributed by atoms with van der Waals surface area (Å²) in [4.78, 5) is 10.6. The van der Waals surface area contributed by atoms with Gasteiger partial charge in [0.15, 0.2) is 0 Å². The summed E-state index contributed by atoms with van der Waals surface area (Å²) in [5, 5.41) is 21.2. The number of phenols is 1. The molecule has 0 radical (unpaired) electrons. The fourth-order valence-corrected chi connectivity index (χ4v) is 2.23. The maximum Gasteiger partial charge on any atom is 0.123 e. The Kier molecular flexibility index (Phi) is 6.04. The van der Waals surface area contributed by atoms with Crippen LogP contribution in [0.4, 0.5) is 0 Å². The van der Waals surface area contributed by atoms with Crippen molar-refractivity contribution in [2.75, 3.05) is 0 Å². The molecule has 0 amide bonds. The number of phenolic OH excluding ortho intramolecular Hbond substituents is 1. The summed E-state index contributed by atoms with van der Waals surface area (Å²) in [6.07, 6.45) is 0.423. The number of hydrogen-bond donors (Lipinski definition) is 1. The zero-order valence-electron chi connectivity index (χ0n) is 13.3. The molecule has 0 bridgehead atoms. The van der Waals surface area contributed by atoms with Crippen LogP contribution in [0.25, 0.3) is 0 Å². The van der Waals surface area contributed by atoms with Crippen LogP contribution in [-0.4, -0.2) is 11.1 Å². The highest BCUT2D eigenvalue weighted by atomic mass is 16.4. The highest BCUT2D eigenvalue weighted by Gasteiger charge is 2.26. The van der Waals surface area contributed by atoms with Gasteiger partial charge in [0.1, 0.15) is 5.75 Å². The Morgan fingerprint density at radius 2 is 1.43 bits per heavy atom. The lowest BCUT2D eigenvalue weighted by atomic mass is 9.78. The molecule has 120 valence electrons. The Morgan fingerprint density at radius 1 is 1.05 bits per heavy atom. The summed E-state index contributed by atoms with van der Waals surface area (Å²) in [5.41, 5.74) is 2.27. The molecule has 0 aliphatic carbocycles. The van der Waals surface area contributed by atoms with Crippen LogP contribution >= 0.6 is 0 Å². The van der Waals surface area contributed by atoms with Crippen LogP contribution in [0.2, 0.25) is 0 Å². The lowest BCUT2D eigenvalue weighted by molar-refractivity contribution is -0.305. The van der Waals surface area contributed by atoms with Crippen LogP contribution in [-0.2, 0) is 22.0 Å². The molecule has 0 aliphatic heterocycles. The maximum absolute atomic E-state index is 10.6. The molecule has 3 nitrogen and oxygen atoms in total. The normalized spacial score (nSPS) is 11.9. The SMILES string of the molecule is C.CC(C)(C)c1cc(CCC(=O)[O-])cc(C(C)(C)C)c1O. The van der Waals surface area contributed by atoms with E-state index in [1.807, 2.05) is 53.7 Å². The summed E-state index contributed by atoms with van der Waals surface area (Å²) in [6.45, 7) is 12.2. The topological polar surface area (TPSA) is 60.4 Å². The van der Waals surface area contributed by atoms with E-state index in [0.717, 1.165) is 16.7 Å². The van der Waals surface area contributed by atoms with Gasteiger partial charge in [0.25, 0.3) is 0 Å². The van der Waals surface area contributed by atoms with Gasteiger partial charge in [0.05, 0.1) is 0 Å². The van der Waals surface area contributed by atoms with Crippen molar-refractivity contribution >= 4 is 5.97 Å². The average molecular weight is 293 g/mol. The second-order valence-corrected chi connectivity index (χ2v) is 7.41. The van der Waals surface area contributed by atoms with E-state index < -0.39 is 5.97 Å². The summed E-state index contributed by atoms with van der Waals surface area (Å²) < 4.78 is 0. The molecule has 0 spiro atoms. The summed E-state index contributed by atoms with van der Waals surface area (Å²) in [7, 11) is 0. The van der Waals surface area contributed by atoms with Gasteiger partial charge in [-0.05, 0) is 40.4 Å². The molecule has 1 aromatic carbocycles. The maximum atomic E-state index is 10.6. The van der Waals surface area contributed by atoms with E-state index >= 15 is 0 Å². The molecule has 0 saturated carbocycles. The zero-order valence-corrected chi connectivity index (χ0v) is 13.3. The minimum absolute atomic E-state index is 0. The number of carboxylic acids is 1. The van der Waals surface area contributed by atoms with Crippen molar-refractivity contribution in [3.05, 3.63) is 28.8 Å². The van der Waals surface area contributed by atoms with Gasteiger partial charge in [0.2, 0.25) is 0 Å². The molecule has 1 aromatic rings. The van der Waals surface area contributed by atoms with Crippen molar-refractivity contribution in [2.45, 2.75) is 72.6 Å². The van der Waals surface area contributed by atoms with Crippen LogP contribution < -0.4 is 5.11 Å². The number of rotatable bonds is 3. The van der Waals surface area contributed by atoms with Gasteiger partial charge in [-0.25, -0.2) is 0 Å². The van der Waals surface area contributed by atoms with Crippen molar-refractivity contribution in [3.63, 3.8) is 0 Å². The highest BCUT2D eigenvalue weighted by Crippen LogP contribution is 2.39. The van der Waals surface area contributed by atoms with Gasteiger partial charge in [-0.2, -0.15) is 0 Å². The first-order valence-electron chi connectivity index (χ1n) is 6.99. The number of hydrogen-bond acceptors (Lipinski definition) is 3. The van der Waals surface area contributed by atoms with Crippen molar-refractivity contribution in [2.24, 2.45) is 0 Å². The van der Waals surface area contributed by atoms with Gasteiger partial charge in [-0.1, -0.05) is 61.1 Å². The Balaban J connectivity index is 0.00000400. The molecule has 0 aliphatic rings. The summed E-state index contributed by atoms with van der Waals surface area (Å²) in [5.74, 6) is -0.727. The van der Waals surface area contributed by atoms with Gasteiger partial charge in [0, 0.05) is 5.97 Å². The van der Waals surface area contributed by atoms with Gasteiger partial charge in [-0.15, -0.1) is 0 Å². The predicted molar refractivity (Wildman–Crippen MR) is 85.6 cm³/mol. The number of carbonyl (C=O) groups excluding carboxylic acids is 1. The van der Waals surface area contributed by atoms with E-state index in [1.165, 1.54) is 0 Å². The second-order valence-electron chi connectivity index (χ2n) is 7.41. The number of aromatic hydroxyl groups is 1. The van der Waals surface area contributed by atoms with E-state index in [2.05, 4.69) is 0 Å². The first kappa shape index (κ1) is 19.5. The van der Waals surface area contributed by atoms with Crippen LogP contribution in [0.15, 0.2) is 12.1 Å². The standard InChI is InChI=1S/C17H26O3.CH4/c1-16(2,3)12-9-11(7-8-14(18)19)10-13(15(12)20)17(4,5)6;/h9-10,20H,7-8H2,1-6H3,(H,18,19);1H4/p-1. The van der Waals surface area contributed by atoms with Crippen molar-refractivity contribution in [1.29, 1.82) is 0 Å². The molecule has 0 atom stereocenters. The Hall–Kier alpha value is -1.51. The Labute approximate surface area is 129 Å². The van der Waals surface area contributed by atoms with E-state index in [1.54, 1.807) is 0 Å². The lowest BCUT2D eigenvalue weighted by Crippen LogP contribution is -2.23. The minimum Gasteiger partial charge on any atom is -0.550 e. The molecule has 0 aromatic heterocycles. The van der Waals surface area contributed by atoms with Crippen molar-refractivity contribution in [1.82, 2.24) is 0 Å². The van der Waals surface area contributed by atoms with Crippen LogP contribution in [0.5, 0.6) is 5.75 Å². The van der Waals surface area contributed by atoms with E-state index in [0.29, 0.717) is 12.2 Å². The van der Waals surface area contributed by atoms with Gasteiger partial charge in [-0.3, -0.25) is 0 Å². The number of aliphatic carboxylic acids is 1. The summed E-state index contributed by atoms with van der Waals surface area (Å²) in [6, 6.07) is 3.82. The van der Waals surface area contributed by atoms with E-state index in [-0.39, 0.29) is 24.7 Å². The van der Waals surface area contributed by atoms with Crippen molar-refractivity contribution in [3.8, 4) is 5.75 Å². The molecule has 1 N–H and O–H groups in total. The number of aryl methyl sites for hydroxylation is 1. The van der Waals surface area contributed by atoms with E-state index in [9.17, 15) is 15.0 Å². The number of carboxylic acid groups (broad SMARTS) is 1. The molecule has 0 saturated heterocycles. The van der Waals surface area contributed by atoms with Crippen molar-refractivity contribution < 1.29 is 15.0 Å². The van der Waals surface area contributed by atoms with Crippen LogP contribution in [0.1, 0.15) is 72.1 Å². The lowest BCUT2D eigenvalue weighted by Gasteiger charge is -2.28. The Morgan fingerprint density at radius 3 is 1.71 bits per heavy atom. The molecular formula is C18H29O3-. The molecule has 0 unspecified atom stereocenters. The second kappa shape index (κ2) is 6.50. The van der Waals surface area contributed by atoms with Crippen LogP contribution in [0, 0.1) is 0 Å². The molecule has 21 heavy (non-hydrogen) atoms. The first-order valence-corrected chi connectivity index (χ1v) is 6.99. The summed E-state index contributed by atoms with van der Waals surface area (Å²) >= 11 is 0. The highest BCUT2D eigenvalue weighted by molar-refractivity contribution is 5.64. The molecule has 1 rings (SSSR count). The smallest absolute Gasteiger partial charge is 0.123 e. The molecule has 0 fully saturated rings. The van der Waals surface area contributed by atoms with Crippen LogP contribution in [0.3, 0.4) is 0 Å². The van der Waals surface area contributed by atoms with E-state index in [4.69, 9.17) is 0 Å².